The van der Waals surface area contributed by atoms with Gasteiger partial charge in [0.25, 0.3) is 15.9 Å². The Morgan fingerprint density at radius 2 is 2.00 bits per heavy atom. The summed E-state index contributed by atoms with van der Waals surface area (Å²) in [7, 11) is -3.86. The number of hydrogen-bond donors (Lipinski definition) is 2. The number of nitrogens with one attached hydrogen (secondary N) is 2. The van der Waals surface area contributed by atoms with Gasteiger partial charge in [-0.3, -0.25) is 29.1 Å². The van der Waals surface area contributed by atoms with E-state index in [-0.39, 0.29) is 36.2 Å². The van der Waals surface area contributed by atoms with Gasteiger partial charge in [-0.2, -0.15) is 13.5 Å². The summed E-state index contributed by atoms with van der Waals surface area (Å²) in [5.41, 5.74) is 1.94. The van der Waals surface area contributed by atoms with Crippen LogP contribution in [0.1, 0.15) is 41.4 Å². The Balaban J connectivity index is 1.57. The van der Waals surface area contributed by atoms with Crippen molar-refractivity contribution in [1.29, 1.82) is 0 Å². The van der Waals surface area contributed by atoms with Crippen LogP contribution in [0.15, 0.2) is 29.3 Å². The van der Waals surface area contributed by atoms with E-state index in [0.29, 0.717) is 29.1 Å². The van der Waals surface area contributed by atoms with Crippen LogP contribution in [-0.2, 0) is 32.7 Å². The quantitative estimate of drug-likeness (QED) is 0.673. The normalized spacial score (nSPS) is 19.1. The predicted molar refractivity (Wildman–Crippen MR) is 106 cm³/mol. The van der Waals surface area contributed by atoms with Crippen LogP contribution in [0.3, 0.4) is 0 Å². The fourth-order valence-corrected chi connectivity index (χ4v) is 5.12. The molecule has 2 N–H and O–H groups in total. The van der Waals surface area contributed by atoms with Crippen molar-refractivity contribution in [2.45, 2.75) is 50.8 Å². The van der Waals surface area contributed by atoms with Crippen molar-refractivity contribution in [2.24, 2.45) is 0 Å². The minimum absolute atomic E-state index is 0.0595. The van der Waals surface area contributed by atoms with Gasteiger partial charge in [-0.1, -0.05) is 0 Å². The molecule has 3 heterocycles. The van der Waals surface area contributed by atoms with Gasteiger partial charge in [0.05, 0.1) is 5.69 Å². The average molecular weight is 431 g/mol. The summed E-state index contributed by atoms with van der Waals surface area (Å²) in [6.07, 6.45) is 0.441. The van der Waals surface area contributed by atoms with Gasteiger partial charge >= 0.3 is 0 Å². The van der Waals surface area contributed by atoms with E-state index in [0.717, 1.165) is 0 Å². The third-order valence-corrected chi connectivity index (χ3v) is 6.60. The topological polar surface area (TPSA) is 130 Å². The molecule has 0 aliphatic carbocycles. The highest BCUT2D eigenvalue weighted by Gasteiger charge is 2.39. The molecule has 158 valence electrons. The minimum atomic E-state index is -3.86. The third kappa shape index (κ3) is 3.45. The van der Waals surface area contributed by atoms with Crippen LogP contribution in [0.2, 0.25) is 0 Å². The lowest BCUT2D eigenvalue weighted by Gasteiger charge is -2.29. The Hall–Kier alpha value is -3.21. The molecule has 1 fully saturated rings. The van der Waals surface area contributed by atoms with Crippen LogP contribution in [-0.4, -0.2) is 46.9 Å². The Morgan fingerprint density at radius 3 is 2.70 bits per heavy atom. The Morgan fingerprint density at radius 1 is 1.23 bits per heavy atom. The number of sulfonamides is 1. The molecule has 1 unspecified atom stereocenters. The Bertz CT molecular complexity index is 1170. The number of aryl methyl sites for hydroxylation is 2. The molecule has 0 spiro atoms. The zero-order chi connectivity index (χ0) is 21.6. The van der Waals surface area contributed by atoms with E-state index in [1.807, 2.05) is 0 Å². The number of carbonyl (C=O) groups excluding carboxylic acids is 3. The Labute approximate surface area is 173 Å². The predicted octanol–water partition coefficient (Wildman–Crippen LogP) is 0.773. The average Bonchev–Trinajstić information content (AvgIpc) is 3.22. The fraction of sp³-hybridized carbons (Fsp3) is 0.368. The highest BCUT2D eigenvalue weighted by Crippen LogP contribution is 2.30. The largest absolute Gasteiger partial charge is 0.322 e. The van der Waals surface area contributed by atoms with Crippen molar-refractivity contribution < 1.29 is 22.8 Å². The van der Waals surface area contributed by atoms with Gasteiger partial charge in [-0.25, -0.2) is 0 Å². The van der Waals surface area contributed by atoms with Gasteiger partial charge in [0, 0.05) is 30.8 Å². The highest BCUT2D eigenvalue weighted by atomic mass is 32.2. The molecule has 1 aromatic heterocycles. The number of nitrogens with zero attached hydrogens (tertiary/aromatic N) is 3. The standard InChI is InChI=1S/C19H21N5O5S/c1-3-24-17(8-11(2)21-24)30(28,29)22-13-4-5-14-12(9-13)10-23(19(14)27)15-6-7-16(25)20-18(15)26/h4-5,8-9,15,22H,3,6-7,10H2,1-2H3,(H,20,25,26). The monoisotopic (exact) mass is 431 g/mol. The second kappa shape index (κ2) is 7.24. The van der Waals surface area contributed by atoms with Crippen LogP contribution >= 0.6 is 0 Å². The van der Waals surface area contributed by atoms with E-state index in [2.05, 4.69) is 15.1 Å². The second-order valence-corrected chi connectivity index (χ2v) is 8.95. The van der Waals surface area contributed by atoms with Crippen molar-refractivity contribution in [3.05, 3.63) is 41.1 Å². The smallest absolute Gasteiger partial charge is 0.279 e. The van der Waals surface area contributed by atoms with Crippen molar-refractivity contribution in [3.8, 4) is 0 Å². The molecule has 11 heteroatoms. The van der Waals surface area contributed by atoms with Crippen LogP contribution in [0, 0.1) is 6.92 Å². The molecule has 10 nitrogen and oxygen atoms in total. The summed E-state index contributed by atoms with van der Waals surface area (Å²) in [5.74, 6) is -1.15. The molecule has 1 atom stereocenters. The molecule has 0 bridgehead atoms. The van der Waals surface area contributed by atoms with E-state index >= 15 is 0 Å². The highest BCUT2D eigenvalue weighted by molar-refractivity contribution is 7.92. The maximum absolute atomic E-state index is 12.8. The van der Waals surface area contributed by atoms with E-state index in [4.69, 9.17) is 0 Å². The third-order valence-electron chi connectivity index (χ3n) is 5.22. The van der Waals surface area contributed by atoms with Crippen molar-refractivity contribution >= 4 is 33.4 Å². The first-order valence-corrected chi connectivity index (χ1v) is 11.0. The number of carbonyl (C=O) groups is 3. The number of rotatable bonds is 5. The first-order valence-electron chi connectivity index (χ1n) is 9.54. The SMILES string of the molecule is CCn1nc(C)cc1S(=O)(=O)Nc1ccc2c(c1)CN(C1CCC(=O)NC1=O)C2=O. The summed E-state index contributed by atoms with van der Waals surface area (Å²) in [5, 5.41) is 6.48. The molecule has 30 heavy (non-hydrogen) atoms. The molecule has 2 aliphatic rings. The maximum atomic E-state index is 12.8. The molecule has 0 saturated carbocycles. The molecular formula is C19H21N5O5S. The lowest BCUT2D eigenvalue weighted by molar-refractivity contribution is -0.136. The Kier molecular flexibility index (Phi) is 4.85. The molecule has 0 radical (unpaired) electrons. The summed E-state index contributed by atoms with van der Waals surface area (Å²) in [6.45, 7) is 4.09. The van der Waals surface area contributed by atoms with Crippen LogP contribution in [0.25, 0.3) is 0 Å². The van der Waals surface area contributed by atoms with E-state index < -0.39 is 22.0 Å². The van der Waals surface area contributed by atoms with Gasteiger partial charge < -0.3 is 4.90 Å². The lowest BCUT2D eigenvalue weighted by atomic mass is 10.0. The second-order valence-electron chi connectivity index (χ2n) is 7.32. The van der Waals surface area contributed by atoms with Crippen molar-refractivity contribution in [1.82, 2.24) is 20.0 Å². The van der Waals surface area contributed by atoms with Gasteiger partial charge in [0.1, 0.15) is 6.04 Å². The van der Waals surface area contributed by atoms with E-state index in [1.54, 1.807) is 26.0 Å². The number of amides is 3. The van der Waals surface area contributed by atoms with Crippen molar-refractivity contribution in [2.75, 3.05) is 4.72 Å². The van der Waals surface area contributed by atoms with Gasteiger partial charge in [0.15, 0.2) is 5.03 Å². The zero-order valence-corrected chi connectivity index (χ0v) is 17.3. The fourth-order valence-electron chi connectivity index (χ4n) is 3.81. The summed E-state index contributed by atoms with van der Waals surface area (Å²) < 4.78 is 29.6. The molecular weight excluding hydrogens is 410 g/mol. The van der Waals surface area contributed by atoms with E-state index in [1.165, 1.54) is 21.7 Å². The lowest BCUT2D eigenvalue weighted by Crippen LogP contribution is -2.52. The zero-order valence-electron chi connectivity index (χ0n) is 16.5. The number of hydrogen-bond acceptors (Lipinski definition) is 6. The molecule has 3 amide bonds. The maximum Gasteiger partial charge on any atom is 0.279 e. The molecule has 1 aromatic carbocycles. The summed E-state index contributed by atoms with van der Waals surface area (Å²) >= 11 is 0. The first kappa shape index (κ1) is 20.1. The number of anilines is 1. The number of aromatic nitrogens is 2. The summed E-state index contributed by atoms with van der Waals surface area (Å²) in [4.78, 5) is 37.7. The number of piperidine rings is 1. The number of fused-ring (bicyclic) bond motifs is 1. The summed E-state index contributed by atoms with van der Waals surface area (Å²) in [6, 6.07) is 5.43. The van der Waals surface area contributed by atoms with Gasteiger partial charge in [-0.05, 0) is 50.1 Å². The van der Waals surface area contributed by atoms with Crippen molar-refractivity contribution in [3.63, 3.8) is 0 Å². The van der Waals surface area contributed by atoms with E-state index in [9.17, 15) is 22.8 Å². The van der Waals surface area contributed by atoms with Gasteiger partial charge in [-0.15, -0.1) is 0 Å². The van der Waals surface area contributed by atoms with Crippen LogP contribution < -0.4 is 10.0 Å². The molecule has 1 saturated heterocycles. The van der Waals surface area contributed by atoms with Gasteiger partial charge in [0.2, 0.25) is 11.8 Å². The number of benzene rings is 1. The van der Waals surface area contributed by atoms with Crippen LogP contribution in [0.5, 0.6) is 0 Å². The molecule has 2 aromatic rings. The molecule has 4 rings (SSSR count). The van der Waals surface area contributed by atoms with Crippen LogP contribution in [0.4, 0.5) is 5.69 Å². The minimum Gasteiger partial charge on any atom is -0.322 e. The first-order chi connectivity index (χ1) is 14.2. The molecule has 2 aliphatic heterocycles. The number of imide groups is 1.